The molecule has 2 saturated carbocycles. The van der Waals surface area contributed by atoms with E-state index < -0.39 is 18.1 Å². The molecule has 1 unspecified atom stereocenters. The molecule has 1 aromatic rings. The Morgan fingerprint density at radius 3 is 1.94 bits per heavy atom. The summed E-state index contributed by atoms with van der Waals surface area (Å²) >= 11 is 0. The van der Waals surface area contributed by atoms with Crippen LogP contribution < -0.4 is 10.6 Å². The van der Waals surface area contributed by atoms with Crippen molar-refractivity contribution in [2.24, 2.45) is 5.92 Å². The molecule has 3 rings (SSSR count). The molecule has 0 heterocycles. The van der Waals surface area contributed by atoms with Crippen molar-refractivity contribution in [3.63, 3.8) is 0 Å². The van der Waals surface area contributed by atoms with E-state index >= 15 is 0 Å². The van der Waals surface area contributed by atoms with Crippen LogP contribution in [0.4, 0.5) is 4.79 Å². The minimum atomic E-state index is -1.05. The van der Waals surface area contributed by atoms with Crippen LogP contribution in [0.25, 0.3) is 0 Å². The number of amides is 1. The molecule has 6 heteroatoms. The Kier molecular flexibility index (Phi) is 12.2. The first-order valence-electron chi connectivity index (χ1n) is 12.4. The number of carboxylic acids is 1. The third-order valence-electron chi connectivity index (χ3n) is 6.19. The van der Waals surface area contributed by atoms with Crippen molar-refractivity contribution >= 4 is 12.1 Å². The maximum absolute atomic E-state index is 11.5. The number of carbonyl (C=O) groups excluding carboxylic acids is 1. The van der Waals surface area contributed by atoms with Crippen LogP contribution in [0.5, 0.6) is 0 Å². The summed E-state index contributed by atoms with van der Waals surface area (Å²) in [6.07, 6.45) is 14.2. The number of hydrogen-bond donors (Lipinski definition) is 3. The monoisotopic (exact) mass is 446 g/mol. The summed E-state index contributed by atoms with van der Waals surface area (Å²) in [5.41, 5.74) is 0.855. The molecular formula is C26H42N2O4. The molecular weight excluding hydrogens is 404 g/mol. The number of alkyl carbamates (subject to hydrolysis) is 1. The summed E-state index contributed by atoms with van der Waals surface area (Å²) in [6, 6.07) is 10.0. The quantitative estimate of drug-likeness (QED) is 0.480. The van der Waals surface area contributed by atoms with Crippen LogP contribution in [0.3, 0.4) is 0 Å². The molecule has 3 N–H and O–H groups in total. The normalized spacial score (nSPS) is 18.3. The zero-order valence-electron chi connectivity index (χ0n) is 19.9. The number of benzene rings is 1. The van der Waals surface area contributed by atoms with E-state index in [4.69, 9.17) is 9.84 Å². The van der Waals surface area contributed by atoms with Gasteiger partial charge in [0.25, 0.3) is 0 Å². The highest BCUT2D eigenvalue weighted by Crippen LogP contribution is 2.22. The Balaban J connectivity index is 0.000000242. The van der Waals surface area contributed by atoms with Crippen LogP contribution in [0.1, 0.15) is 90.0 Å². The summed E-state index contributed by atoms with van der Waals surface area (Å²) in [7, 11) is 0. The zero-order chi connectivity index (χ0) is 23.2. The van der Waals surface area contributed by atoms with E-state index in [1.165, 1.54) is 64.2 Å². The van der Waals surface area contributed by atoms with Crippen LogP contribution in [0.15, 0.2) is 30.3 Å². The predicted molar refractivity (Wildman–Crippen MR) is 128 cm³/mol. The van der Waals surface area contributed by atoms with Gasteiger partial charge in [-0.3, -0.25) is 0 Å². The van der Waals surface area contributed by atoms with Crippen molar-refractivity contribution in [2.75, 3.05) is 0 Å². The first kappa shape index (κ1) is 26.2. The minimum Gasteiger partial charge on any atom is -0.480 e. The van der Waals surface area contributed by atoms with Gasteiger partial charge >= 0.3 is 12.1 Å². The van der Waals surface area contributed by atoms with Gasteiger partial charge in [0.15, 0.2) is 0 Å². The fourth-order valence-corrected chi connectivity index (χ4v) is 4.47. The lowest BCUT2D eigenvalue weighted by molar-refractivity contribution is -0.139. The minimum absolute atomic E-state index is 0.126. The second-order valence-corrected chi connectivity index (χ2v) is 9.56. The van der Waals surface area contributed by atoms with Gasteiger partial charge in [-0.05, 0) is 43.6 Å². The van der Waals surface area contributed by atoms with E-state index in [1.807, 2.05) is 44.2 Å². The van der Waals surface area contributed by atoms with Crippen LogP contribution in [0.2, 0.25) is 0 Å². The Morgan fingerprint density at radius 2 is 1.47 bits per heavy atom. The lowest BCUT2D eigenvalue weighted by Gasteiger charge is -2.30. The Morgan fingerprint density at radius 1 is 0.938 bits per heavy atom. The highest BCUT2D eigenvalue weighted by atomic mass is 16.5. The molecule has 2 aliphatic carbocycles. The number of rotatable bonds is 8. The summed E-state index contributed by atoms with van der Waals surface area (Å²) in [5, 5.41) is 15.2. The van der Waals surface area contributed by atoms with E-state index in [2.05, 4.69) is 10.6 Å². The second kappa shape index (κ2) is 14.9. The molecule has 0 spiro atoms. The number of ether oxygens (including phenoxy) is 1. The van der Waals surface area contributed by atoms with Gasteiger partial charge in [-0.2, -0.15) is 0 Å². The first-order chi connectivity index (χ1) is 15.4. The van der Waals surface area contributed by atoms with Gasteiger partial charge in [0.1, 0.15) is 12.6 Å². The van der Waals surface area contributed by atoms with Crippen molar-refractivity contribution in [3.8, 4) is 0 Å². The molecule has 2 fully saturated rings. The standard InChI is InChI=1S/C14H19NO4.C12H23N/c1-10(2)8-12(13(16)17)15-14(18)19-9-11-6-4-3-5-7-11;1-3-7-11(8-4-1)13-12-9-5-2-6-10-12/h3-7,10,12H,8-9H2,1-2H3,(H,15,18)(H,16,17);11-13H,1-10H2. The van der Waals surface area contributed by atoms with Gasteiger partial charge in [0.2, 0.25) is 0 Å². The maximum Gasteiger partial charge on any atom is 0.408 e. The second-order valence-electron chi connectivity index (χ2n) is 9.56. The molecule has 0 radical (unpaired) electrons. The highest BCUT2D eigenvalue weighted by molar-refractivity contribution is 5.79. The molecule has 0 aromatic heterocycles. The first-order valence-corrected chi connectivity index (χ1v) is 12.4. The average molecular weight is 447 g/mol. The average Bonchev–Trinajstić information content (AvgIpc) is 2.79. The molecule has 0 saturated heterocycles. The fourth-order valence-electron chi connectivity index (χ4n) is 4.47. The number of hydrogen-bond acceptors (Lipinski definition) is 4. The number of nitrogens with one attached hydrogen (secondary N) is 2. The third kappa shape index (κ3) is 11.0. The molecule has 180 valence electrons. The Hall–Kier alpha value is -2.08. The van der Waals surface area contributed by atoms with E-state index in [9.17, 15) is 9.59 Å². The Bertz CT molecular complexity index is 637. The highest BCUT2D eigenvalue weighted by Gasteiger charge is 2.22. The van der Waals surface area contributed by atoms with Gasteiger partial charge < -0.3 is 20.5 Å². The largest absolute Gasteiger partial charge is 0.480 e. The third-order valence-corrected chi connectivity index (χ3v) is 6.19. The summed E-state index contributed by atoms with van der Waals surface area (Å²) in [6.45, 7) is 3.92. The van der Waals surface area contributed by atoms with Gasteiger partial charge in [0, 0.05) is 12.1 Å². The molecule has 1 amide bonds. The van der Waals surface area contributed by atoms with Crippen molar-refractivity contribution in [1.29, 1.82) is 0 Å². The maximum atomic E-state index is 11.5. The van der Waals surface area contributed by atoms with Crippen LogP contribution in [0, 0.1) is 5.92 Å². The van der Waals surface area contributed by atoms with Gasteiger partial charge in [-0.15, -0.1) is 0 Å². The predicted octanol–water partition coefficient (Wildman–Crippen LogP) is 5.65. The molecule has 2 aliphatic rings. The topological polar surface area (TPSA) is 87.7 Å². The fraction of sp³-hybridized carbons (Fsp3) is 0.692. The SMILES string of the molecule is C1CCC(NC2CCCCC2)CC1.CC(C)CC(NC(=O)OCc1ccccc1)C(=O)O. The van der Waals surface area contributed by atoms with Crippen LogP contribution in [-0.4, -0.2) is 35.3 Å². The molecule has 1 aromatic carbocycles. The summed E-state index contributed by atoms with van der Waals surface area (Å²) in [5.74, 6) is -0.874. The molecule has 0 aliphatic heterocycles. The molecule has 6 nitrogen and oxygen atoms in total. The van der Waals surface area contributed by atoms with E-state index in [-0.39, 0.29) is 12.5 Å². The molecule has 32 heavy (non-hydrogen) atoms. The van der Waals surface area contributed by atoms with Crippen molar-refractivity contribution in [1.82, 2.24) is 10.6 Å². The number of carboxylic acid groups (broad SMARTS) is 1. The van der Waals surface area contributed by atoms with Crippen molar-refractivity contribution < 1.29 is 19.4 Å². The number of carbonyl (C=O) groups is 2. The molecule has 0 bridgehead atoms. The van der Waals surface area contributed by atoms with Gasteiger partial charge in [0.05, 0.1) is 0 Å². The molecule has 1 atom stereocenters. The lowest BCUT2D eigenvalue weighted by atomic mass is 9.91. The van der Waals surface area contributed by atoms with Gasteiger partial charge in [-0.25, -0.2) is 9.59 Å². The van der Waals surface area contributed by atoms with E-state index in [0.29, 0.717) is 6.42 Å². The summed E-state index contributed by atoms with van der Waals surface area (Å²) < 4.78 is 4.98. The van der Waals surface area contributed by atoms with Crippen molar-refractivity contribution in [2.45, 2.75) is 109 Å². The van der Waals surface area contributed by atoms with E-state index in [0.717, 1.165) is 17.6 Å². The Labute approximate surface area is 193 Å². The summed E-state index contributed by atoms with van der Waals surface area (Å²) in [4.78, 5) is 22.5. The van der Waals surface area contributed by atoms with Gasteiger partial charge in [-0.1, -0.05) is 82.7 Å². The van der Waals surface area contributed by atoms with E-state index in [1.54, 1.807) is 0 Å². The van der Waals surface area contributed by atoms with Crippen LogP contribution >= 0.6 is 0 Å². The number of aliphatic carboxylic acids is 1. The van der Waals surface area contributed by atoms with Crippen LogP contribution in [-0.2, 0) is 16.1 Å². The lowest BCUT2D eigenvalue weighted by Crippen LogP contribution is -2.41. The smallest absolute Gasteiger partial charge is 0.408 e. The zero-order valence-corrected chi connectivity index (χ0v) is 19.9. The van der Waals surface area contributed by atoms with Crippen molar-refractivity contribution in [3.05, 3.63) is 35.9 Å².